The van der Waals surface area contributed by atoms with Gasteiger partial charge in [-0.3, -0.25) is 4.90 Å². The lowest BCUT2D eigenvalue weighted by atomic mass is 9.82. The van der Waals surface area contributed by atoms with Crippen molar-refractivity contribution in [1.82, 2.24) is 4.90 Å². The van der Waals surface area contributed by atoms with Gasteiger partial charge in [0.15, 0.2) is 0 Å². The van der Waals surface area contributed by atoms with Crippen molar-refractivity contribution in [2.24, 2.45) is 5.73 Å². The Hall–Kier alpha value is -1.00. The number of aryl methyl sites for hydroxylation is 1. The monoisotopic (exact) mass is 268 g/mol. The van der Waals surface area contributed by atoms with Crippen LogP contribution in [0.4, 0.5) is 8.78 Å². The first-order chi connectivity index (χ1) is 9.20. The molecule has 106 valence electrons. The summed E-state index contributed by atoms with van der Waals surface area (Å²) in [6.07, 6.45) is 1.05. The molecular formula is C15H22F2N2. The fourth-order valence-corrected chi connectivity index (χ4v) is 2.99. The van der Waals surface area contributed by atoms with E-state index in [1.807, 2.05) is 6.07 Å². The first-order valence-electron chi connectivity index (χ1n) is 6.99. The molecule has 0 spiro atoms. The molecule has 1 aromatic carbocycles. The molecule has 0 aliphatic heterocycles. The van der Waals surface area contributed by atoms with E-state index in [0.717, 1.165) is 19.3 Å². The van der Waals surface area contributed by atoms with E-state index in [4.69, 9.17) is 5.73 Å². The smallest absolute Gasteiger partial charge is 0.251 e. The summed E-state index contributed by atoms with van der Waals surface area (Å²) in [6.45, 7) is 1.50. The minimum absolute atomic E-state index is 0.171. The number of halogens is 2. The average Bonchev–Trinajstić information content (AvgIpc) is 2.39. The molecule has 1 aromatic rings. The first-order valence-corrected chi connectivity index (χ1v) is 6.99. The van der Waals surface area contributed by atoms with E-state index >= 15 is 0 Å². The molecule has 0 saturated heterocycles. The predicted molar refractivity (Wildman–Crippen MR) is 73.6 cm³/mol. The van der Waals surface area contributed by atoms with Gasteiger partial charge < -0.3 is 5.73 Å². The topological polar surface area (TPSA) is 29.3 Å². The van der Waals surface area contributed by atoms with Crippen LogP contribution >= 0.6 is 0 Å². The quantitative estimate of drug-likeness (QED) is 0.859. The van der Waals surface area contributed by atoms with Gasteiger partial charge in [-0.25, -0.2) is 8.78 Å². The second-order valence-electron chi connectivity index (χ2n) is 5.23. The zero-order valence-electron chi connectivity index (χ0n) is 11.2. The highest BCUT2D eigenvalue weighted by molar-refractivity contribution is 5.32. The van der Waals surface area contributed by atoms with E-state index in [9.17, 15) is 8.78 Å². The molecule has 1 aliphatic rings. The Morgan fingerprint density at radius 3 is 2.84 bits per heavy atom. The van der Waals surface area contributed by atoms with Gasteiger partial charge >= 0.3 is 0 Å². The number of fused-ring (bicyclic) bond motifs is 1. The fraction of sp³-hybridized carbons (Fsp3) is 0.600. The van der Waals surface area contributed by atoms with Gasteiger partial charge in [-0.1, -0.05) is 24.3 Å². The normalized spacial score (nSPS) is 18.9. The number of nitrogens with zero attached hydrogens (tertiary/aromatic N) is 1. The highest BCUT2D eigenvalue weighted by Crippen LogP contribution is 2.32. The molecule has 1 atom stereocenters. The number of benzene rings is 1. The van der Waals surface area contributed by atoms with Crippen molar-refractivity contribution in [3.8, 4) is 0 Å². The fourth-order valence-electron chi connectivity index (χ4n) is 2.99. The maximum absolute atomic E-state index is 12.6. The van der Waals surface area contributed by atoms with Gasteiger partial charge in [0, 0.05) is 19.6 Å². The number of hydrogen-bond acceptors (Lipinski definition) is 2. The Balaban J connectivity index is 2.05. The number of hydrogen-bond donors (Lipinski definition) is 1. The summed E-state index contributed by atoms with van der Waals surface area (Å²) in [7, 11) is 0. The van der Waals surface area contributed by atoms with Crippen LogP contribution in [0, 0.1) is 0 Å². The standard InChI is InChI=1S/C15H22F2N2/c16-15(17)11-19(9-8-18)10-13-6-3-5-12-4-1-2-7-14(12)13/h1-2,4,7,13,15H,3,5-6,8-11,18H2. The van der Waals surface area contributed by atoms with Crippen molar-refractivity contribution in [3.63, 3.8) is 0 Å². The van der Waals surface area contributed by atoms with Gasteiger partial charge in [-0.05, 0) is 36.3 Å². The Bertz CT molecular complexity index is 395. The molecule has 0 fully saturated rings. The lowest BCUT2D eigenvalue weighted by Crippen LogP contribution is -2.37. The largest absolute Gasteiger partial charge is 0.329 e. The Labute approximate surface area is 113 Å². The summed E-state index contributed by atoms with van der Waals surface area (Å²) in [5.41, 5.74) is 8.23. The molecule has 2 N–H and O–H groups in total. The van der Waals surface area contributed by atoms with Gasteiger partial charge in [-0.15, -0.1) is 0 Å². The molecule has 1 aliphatic carbocycles. The Morgan fingerprint density at radius 2 is 2.11 bits per heavy atom. The number of alkyl halides is 2. The van der Waals surface area contributed by atoms with Crippen molar-refractivity contribution >= 4 is 0 Å². The molecule has 1 unspecified atom stereocenters. The lowest BCUT2D eigenvalue weighted by Gasteiger charge is -2.31. The summed E-state index contributed by atoms with van der Waals surface area (Å²) in [5, 5.41) is 0. The summed E-state index contributed by atoms with van der Waals surface area (Å²) in [4.78, 5) is 1.80. The zero-order valence-corrected chi connectivity index (χ0v) is 11.2. The Morgan fingerprint density at radius 1 is 1.32 bits per heavy atom. The first kappa shape index (κ1) is 14.4. The highest BCUT2D eigenvalue weighted by Gasteiger charge is 2.23. The van der Waals surface area contributed by atoms with Crippen molar-refractivity contribution in [1.29, 1.82) is 0 Å². The third-order valence-electron chi connectivity index (χ3n) is 3.81. The molecule has 4 heteroatoms. The van der Waals surface area contributed by atoms with E-state index in [0.29, 0.717) is 25.6 Å². The van der Waals surface area contributed by atoms with Crippen LogP contribution in [0.1, 0.15) is 29.9 Å². The van der Waals surface area contributed by atoms with E-state index in [-0.39, 0.29) is 6.54 Å². The third-order valence-corrected chi connectivity index (χ3v) is 3.81. The van der Waals surface area contributed by atoms with Crippen molar-refractivity contribution < 1.29 is 8.78 Å². The maximum atomic E-state index is 12.6. The lowest BCUT2D eigenvalue weighted by molar-refractivity contribution is 0.0854. The van der Waals surface area contributed by atoms with Gasteiger partial charge in [0.25, 0.3) is 6.43 Å². The molecular weight excluding hydrogens is 246 g/mol. The van der Waals surface area contributed by atoms with Gasteiger partial charge in [-0.2, -0.15) is 0 Å². The second-order valence-corrected chi connectivity index (χ2v) is 5.23. The second kappa shape index (κ2) is 6.96. The molecule has 0 radical (unpaired) electrons. The summed E-state index contributed by atoms with van der Waals surface area (Å²) in [6, 6.07) is 8.39. The average molecular weight is 268 g/mol. The molecule has 0 amide bonds. The van der Waals surface area contributed by atoms with Crippen molar-refractivity contribution in [3.05, 3.63) is 35.4 Å². The van der Waals surface area contributed by atoms with Crippen LogP contribution in [0.15, 0.2) is 24.3 Å². The molecule has 0 aromatic heterocycles. The molecule has 0 saturated carbocycles. The van der Waals surface area contributed by atoms with Crippen molar-refractivity contribution in [2.75, 3.05) is 26.2 Å². The number of rotatable bonds is 6. The molecule has 0 heterocycles. The molecule has 2 nitrogen and oxygen atoms in total. The summed E-state index contributed by atoms with van der Waals surface area (Å²) >= 11 is 0. The predicted octanol–water partition coefficient (Wildman–Crippen LogP) is 2.63. The molecule has 0 bridgehead atoms. The van der Waals surface area contributed by atoms with Crippen LogP contribution < -0.4 is 5.73 Å². The van der Waals surface area contributed by atoms with Crippen LogP contribution in [-0.4, -0.2) is 37.5 Å². The van der Waals surface area contributed by atoms with Gasteiger partial charge in [0.2, 0.25) is 0 Å². The van der Waals surface area contributed by atoms with E-state index in [1.54, 1.807) is 4.90 Å². The molecule has 19 heavy (non-hydrogen) atoms. The Kier molecular flexibility index (Phi) is 5.28. The van der Waals surface area contributed by atoms with Crippen LogP contribution in [-0.2, 0) is 6.42 Å². The van der Waals surface area contributed by atoms with Crippen LogP contribution in [0.5, 0.6) is 0 Å². The minimum Gasteiger partial charge on any atom is -0.329 e. The maximum Gasteiger partial charge on any atom is 0.251 e. The zero-order chi connectivity index (χ0) is 13.7. The van der Waals surface area contributed by atoms with E-state index in [2.05, 4.69) is 18.2 Å². The van der Waals surface area contributed by atoms with Crippen molar-refractivity contribution in [2.45, 2.75) is 31.6 Å². The summed E-state index contributed by atoms with van der Waals surface area (Å²) < 4.78 is 25.2. The van der Waals surface area contributed by atoms with E-state index < -0.39 is 6.43 Å². The van der Waals surface area contributed by atoms with Crippen LogP contribution in [0.2, 0.25) is 0 Å². The SMILES string of the molecule is NCCN(CC(F)F)CC1CCCc2ccccc21. The van der Waals surface area contributed by atoms with Crippen LogP contribution in [0.25, 0.3) is 0 Å². The minimum atomic E-state index is -2.29. The highest BCUT2D eigenvalue weighted by atomic mass is 19.3. The third kappa shape index (κ3) is 3.98. The van der Waals surface area contributed by atoms with Crippen LogP contribution in [0.3, 0.4) is 0 Å². The molecule has 2 rings (SSSR count). The van der Waals surface area contributed by atoms with E-state index in [1.165, 1.54) is 11.1 Å². The van der Waals surface area contributed by atoms with Gasteiger partial charge in [0.1, 0.15) is 0 Å². The summed E-state index contributed by atoms with van der Waals surface area (Å²) in [5.74, 6) is 0.371. The van der Waals surface area contributed by atoms with Gasteiger partial charge in [0.05, 0.1) is 6.54 Å². The number of nitrogens with two attached hydrogens (primary N) is 1.